The van der Waals surface area contributed by atoms with Gasteiger partial charge in [0.1, 0.15) is 5.75 Å². The van der Waals surface area contributed by atoms with Gasteiger partial charge in [0.2, 0.25) is 0 Å². The van der Waals surface area contributed by atoms with Gasteiger partial charge in [0.05, 0.1) is 31.7 Å². The fraction of sp³-hybridized carbons (Fsp3) is 0.391. The molecule has 5 rings (SSSR count). The smallest absolute Gasteiger partial charge is 0.329 e. The van der Waals surface area contributed by atoms with Crippen molar-refractivity contribution in [3.63, 3.8) is 0 Å². The van der Waals surface area contributed by atoms with Crippen molar-refractivity contribution < 1.29 is 28.9 Å². The molecule has 0 saturated carbocycles. The predicted molar refractivity (Wildman–Crippen MR) is 115 cm³/mol. The number of carbonyl (C=O) groups excluding carboxylic acids is 2. The van der Waals surface area contributed by atoms with Crippen molar-refractivity contribution in [3.8, 4) is 5.75 Å². The molecule has 0 radical (unpaired) electrons. The average molecular weight is 439 g/mol. The standard InChI is InChI=1S/C23H25N3O6/c1-30-17-6-4-5-16(15-17)26-21(28)24-19-8-3-2-7-18(19)23(26,29)20(27)25-11-9-22(10-12-25)31-13-14-32-22/h2-8,15,29H,9-14H2,1H3,(H,24,28). The molecule has 1 atom stereocenters. The summed E-state index contributed by atoms with van der Waals surface area (Å²) in [5.74, 6) is -0.733. The molecule has 0 bridgehead atoms. The van der Waals surface area contributed by atoms with E-state index in [1.54, 1.807) is 53.4 Å². The van der Waals surface area contributed by atoms with Crippen LogP contribution in [0.2, 0.25) is 0 Å². The van der Waals surface area contributed by atoms with Gasteiger partial charge in [-0.1, -0.05) is 24.3 Å². The van der Waals surface area contributed by atoms with Crippen LogP contribution in [0.1, 0.15) is 18.4 Å². The Hall–Kier alpha value is -3.14. The second kappa shape index (κ2) is 7.77. The SMILES string of the molecule is COc1cccc(N2C(=O)Nc3ccccc3C2(O)C(=O)N2CCC3(CC2)OCCO3)c1. The summed E-state index contributed by atoms with van der Waals surface area (Å²) < 4.78 is 16.8. The molecule has 3 aliphatic rings. The molecule has 3 heterocycles. The molecular weight excluding hydrogens is 414 g/mol. The van der Waals surface area contributed by atoms with Gasteiger partial charge >= 0.3 is 6.03 Å². The summed E-state index contributed by atoms with van der Waals surface area (Å²) in [4.78, 5) is 29.7. The van der Waals surface area contributed by atoms with Crippen molar-refractivity contribution in [2.24, 2.45) is 0 Å². The normalized spacial score (nSPS) is 24.2. The van der Waals surface area contributed by atoms with E-state index in [1.807, 2.05) is 0 Å². The summed E-state index contributed by atoms with van der Waals surface area (Å²) in [6.45, 7) is 1.76. The molecule has 0 aliphatic carbocycles. The number of aliphatic hydroxyl groups is 1. The number of benzene rings is 2. The summed E-state index contributed by atoms with van der Waals surface area (Å²) >= 11 is 0. The molecule has 1 spiro atoms. The maximum Gasteiger partial charge on any atom is 0.329 e. The predicted octanol–water partition coefficient (Wildman–Crippen LogP) is 2.26. The van der Waals surface area contributed by atoms with Crippen molar-refractivity contribution in [1.82, 2.24) is 4.90 Å². The number of nitrogens with zero attached hydrogens (tertiary/aromatic N) is 2. The maximum absolute atomic E-state index is 13.9. The van der Waals surface area contributed by atoms with Crippen molar-refractivity contribution in [2.75, 3.05) is 43.6 Å². The monoisotopic (exact) mass is 439 g/mol. The Morgan fingerprint density at radius 1 is 1.09 bits per heavy atom. The van der Waals surface area contributed by atoms with Crippen LogP contribution in [0.3, 0.4) is 0 Å². The third kappa shape index (κ3) is 3.21. The van der Waals surface area contributed by atoms with Crippen LogP contribution in [-0.4, -0.2) is 61.1 Å². The van der Waals surface area contributed by atoms with Gasteiger partial charge in [-0.2, -0.15) is 0 Å². The molecule has 0 aromatic heterocycles. The van der Waals surface area contributed by atoms with Crippen molar-refractivity contribution in [3.05, 3.63) is 54.1 Å². The first kappa shape index (κ1) is 20.7. The number of para-hydroxylation sites is 1. The number of hydrogen-bond donors (Lipinski definition) is 2. The van der Waals surface area contributed by atoms with Gasteiger partial charge in [0.25, 0.3) is 11.6 Å². The highest BCUT2D eigenvalue weighted by molar-refractivity contribution is 6.11. The molecule has 9 nitrogen and oxygen atoms in total. The van der Waals surface area contributed by atoms with Crippen LogP contribution in [0.5, 0.6) is 5.75 Å². The lowest BCUT2D eigenvalue weighted by Gasteiger charge is -2.46. The van der Waals surface area contributed by atoms with Crippen LogP contribution in [0.25, 0.3) is 0 Å². The molecule has 2 aromatic rings. The van der Waals surface area contributed by atoms with E-state index in [-0.39, 0.29) is 0 Å². The number of methoxy groups -OCH3 is 1. The van der Waals surface area contributed by atoms with Crippen LogP contribution in [-0.2, 0) is 20.0 Å². The van der Waals surface area contributed by atoms with E-state index in [0.29, 0.717) is 61.8 Å². The number of ether oxygens (including phenoxy) is 3. The number of likely N-dealkylation sites (tertiary alicyclic amines) is 1. The average Bonchev–Trinajstić information content (AvgIpc) is 3.27. The van der Waals surface area contributed by atoms with Crippen LogP contribution in [0.15, 0.2) is 48.5 Å². The highest BCUT2D eigenvalue weighted by Crippen LogP contribution is 2.42. The minimum atomic E-state index is -2.23. The molecule has 3 amide bonds. The summed E-state index contributed by atoms with van der Waals surface area (Å²) in [5.41, 5.74) is -1.19. The van der Waals surface area contributed by atoms with E-state index >= 15 is 0 Å². The summed E-state index contributed by atoms with van der Waals surface area (Å²) in [7, 11) is 1.51. The van der Waals surface area contributed by atoms with Gasteiger partial charge in [0.15, 0.2) is 5.79 Å². The number of urea groups is 1. The van der Waals surface area contributed by atoms with Gasteiger partial charge in [-0.25, -0.2) is 4.79 Å². The minimum absolute atomic E-state index is 0.307. The number of carbonyl (C=O) groups is 2. The first-order chi connectivity index (χ1) is 15.5. The Labute approximate surface area is 185 Å². The van der Waals surface area contributed by atoms with Crippen LogP contribution < -0.4 is 15.0 Å². The summed E-state index contributed by atoms with van der Waals surface area (Å²) in [5, 5.41) is 14.8. The lowest BCUT2D eigenvalue weighted by Crippen LogP contribution is -2.64. The van der Waals surface area contributed by atoms with Gasteiger partial charge in [0, 0.05) is 37.6 Å². The molecule has 2 N–H and O–H groups in total. The molecule has 168 valence electrons. The highest BCUT2D eigenvalue weighted by Gasteiger charge is 2.55. The van der Waals surface area contributed by atoms with E-state index in [9.17, 15) is 14.7 Å². The molecule has 1 unspecified atom stereocenters. The molecule has 2 aromatic carbocycles. The largest absolute Gasteiger partial charge is 0.497 e. The first-order valence-electron chi connectivity index (χ1n) is 10.6. The summed E-state index contributed by atoms with van der Waals surface area (Å²) in [6, 6.07) is 12.9. The van der Waals surface area contributed by atoms with E-state index in [0.717, 1.165) is 4.90 Å². The fourth-order valence-electron chi connectivity index (χ4n) is 4.66. The Balaban J connectivity index is 1.55. The molecule has 32 heavy (non-hydrogen) atoms. The number of piperidine rings is 1. The van der Waals surface area contributed by atoms with E-state index in [4.69, 9.17) is 14.2 Å². The van der Waals surface area contributed by atoms with E-state index in [2.05, 4.69) is 5.32 Å². The zero-order valence-corrected chi connectivity index (χ0v) is 17.7. The fourth-order valence-corrected chi connectivity index (χ4v) is 4.66. The van der Waals surface area contributed by atoms with E-state index < -0.39 is 23.5 Å². The zero-order valence-electron chi connectivity index (χ0n) is 17.7. The Morgan fingerprint density at radius 3 is 2.53 bits per heavy atom. The molecular formula is C23H25N3O6. The molecule has 9 heteroatoms. The van der Waals surface area contributed by atoms with Crippen LogP contribution >= 0.6 is 0 Å². The Morgan fingerprint density at radius 2 is 1.81 bits per heavy atom. The molecule has 3 aliphatic heterocycles. The zero-order chi connectivity index (χ0) is 22.3. The Bertz CT molecular complexity index is 1040. The number of hydrogen-bond acceptors (Lipinski definition) is 6. The minimum Gasteiger partial charge on any atom is -0.497 e. The number of rotatable bonds is 3. The maximum atomic E-state index is 13.9. The van der Waals surface area contributed by atoms with Crippen molar-refractivity contribution in [1.29, 1.82) is 0 Å². The lowest BCUT2D eigenvalue weighted by molar-refractivity contribution is -0.192. The van der Waals surface area contributed by atoms with Crippen molar-refractivity contribution >= 4 is 23.3 Å². The van der Waals surface area contributed by atoms with Gasteiger partial charge < -0.3 is 29.5 Å². The van der Waals surface area contributed by atoms with Crippen LogP contribution in [0, 0.1) is 0 Å². The molecule has 2 fully saturated rings. The van der Waals surface area contributed by atoms with Crippen LogP contribution in [0.4, 0.5) is 16.2 Å². The Kier molecular flexibility index (Phi) is 5.04. The number of nitrogens with one attached hydrogen (secondary N) is 1. The number of amides is 3. The molecule has 2 saturated heterocycles. The third-order valence-corrected chi connectivity index (χ3v) is 6.31. The quantitative estimate of drug-likeness (QED) is 0.761. The number of fused-ring (bicyclic) bond motifs is 1. The second-order valence-electron chi connectivity index (χ2n) is 8.08. The highest BCUT2D eigenvalue weighted by atomic mass is 16.7. The number of anilines is 2. The van der Waals surface area contributed by atoms with Gasteiger partial charge in [-0.15, -0.1) is 0 Å². The topological polar surface area (TPSA) is 101 Å². The van der Waals surface area contributed by atoms with E-state index in [1.165, 1.54) is 7.11 Å². The lowest BCUT2D eigenvalue weighted by atomic mass is 9.93. The van der Waals surface area contributed by atoms with Gasteiger partial charge in [-0.05, 0) is 18.2 Å². The van der Waals surface area contributed by atoms with Crippen molar-refractivity contribution in [2.45, 2.75) is 24.4 Å². The van der Waals surface area contributed by atoms with Gasteiger partial charge in [-0.3, -0.25) is 9.69 Å². The second-order valence-corrected chi connectivity index (χ2v) is 8.08. The summed E-state index contributed by atoms with van der Waals surface area (Å²) in [6.07, 6.45) is 1.00. The first-order valence-corrected chi connectivity index (χ1v) is 10.6. The third-order valence-electron chi connectivity index (χ3n) is 6.31.